The van der Waals surface area contributed by atoms with Gasteiger partial charge in [-0.1, -0.05) is 54.3 Å². The fourth-order valence-electron chi connectivity index (χ4n) is 4.99. The normalized spacial score (nSPS) is 19.3. The highest BCUT2D eigenvalue weighted by atomic mass is 19.1. The largest absolute Gasteiger partial charge is 0.335 e. The van der Waals surface area contributed by atoms with E-state index in [1.807, 2.05) is 37.3 Å². The van der Waals surface area contributed by atoms with Crippen molar-refractivity contribution in [2.75, 3.05) is 18.0 Å². The van der Waals surface area contributed by atoms with E-state index in [1.54, 1.807) is 29.2 Å². The van der Waals surface area contributed by atoms with E-state index in [0.717, 1.165) is 23.3 Å². The maximum absolute atomic E-state index is 15.2. The first-order chi connectivity index (χ1) is 18.2. The van der Waals surface area contributed by atoms with Crippen LogP contribution in [0.2, 0.25) is 0 Å². The number of amides is 4. The topological polar surface area (TPSA) is 60.9 Å². The Labute approximate surface area is 219 Å². The smallest absolute Gasteiger partial charge is 0.332 e. The van der Waals surface area contributed by atoms with Crippen molar-refractivity contribution in [3.05, 3.63) is 101 Å². The van der Waals surface area contributed by atoms with Gasteiger partial charge < -0.3 is 9.80 Å². The molecule has 0 aliphatic carbocycles. The molecule has 0 spiro atoms. The molecular weight excluding hydrogens is 488 g/mol. The molecule has 4 amide bonds. The van der Waals surface area contributed by atoms with Crippen LogP contribution in [0.4, 0.5) is 19.3 Å². The van der Waals surface area contributed by atoms with Gasteiger partial charge in [-0.25, -0.2) is 18.5 Å². The summed E-state index contributed by atoms with van der Waals surface area (Å²) in [5.74, 6) is 2.13. The number of nitrogens with zero attached hydrogens (tertiary/aromatic N) is 3. The predicted octanol–water partition coefficient (Wildman–Crippen LogP) is 4.63. The van der Waals surface area contributed by atoms with Crippen molar-refractivity contribution in [3.63, 3.8) is 0 Å². The zero-order valence-electron chi connectivity index (χ0n) is 21.0. The SMILES string of the molecule is Cc1ccccc1CN1CCN2C(=O)N(c3c(F)cc(C#Cc4ccccc4)cc3F)C(=O)C[C@]2(C)C1=O. The number of hydrogen-bond donors (Lipinski definition) is 0. The maximum atomic E-state index is 15.2. The Morgan fingerprint density at radius 1 is 0.868 bits per heavy atom. The second-order valence-corrected chi connectivity index (χ2v) is 9.67. The number of hydrogen-bond acceptors (Lipinski definition) is 3. The van der Waals surface area contributed by atoms with Gasteiger partial charge in [0.25, 0.3) is 0 Å². The maximum Gasteiger partial charge on any atom is 0.332 e. The van der Waals surface area contributed by atoms with E-state index in [1.165, 1.54) is 11.8 Å². The molecular formula is C30H25F2N3O3. The summed E-state index contributed by atoms with van der Waals surface area (Å²) in [4.78, 5) is 43.5. The predicted molar refractivity (Wildman–Crippen MR) is 138 cm³/mol. The van der Waals surface area contributed by atoms with Crippen LogP contribution >= 0.6 is 0 Å². The second kappa shape index (κ2) is 9.75. The third-order valence-electron chi connectivity index (χ3n) is 7.09. The molecule has 0 bridgehead atoms. The van der Waals surface area contributed by atoms with Crippen LogP contribution in [-0.4, -0.2) is 46.3 Å². The molecule has 5 rings (SSSR count). The molecule has 6 nitrogen and oxygen atoms in total. The number of anilines is 1. The number of carbonyl (C=O) groups excluding carboxylic acids is 3. The number of carbonyl (C=O) groups is 3. The van der Waals surface area contributed by atoms with Gasteiger partial charge in [0, 0.05) is 30.8 Å². The average Bonchev–Trinajstić information content (AvgIpc) is 2.88. The first-order valence-electron chi connectivity index (χ1n) is 12.2. The summed E-state index contributed by atoms with van der Waals surface area (Å²) in [6.45, 7) is 4.18. The van der Waals surface area contributed by atoms with E-state index >= 15 is 8.78 Å². The summed E-state index contributed by atoms with van der Waals surface area (Å²) in [5, 5.41) is 0. The number of fused-ring (bicyclic) bond motifs is 1. The minimum absolute atomic E-state index is 0.0642. The molecule has 1 atom stereocenters. The van der Waals surface area contributed by atoms with Crippen molar-refractivity contribution in [1.29, 1.82) is 0 Å². The van der Waals surface area contributed by atoms with Gasteiger partial charge in [0.15, 0.2) is 11.6 Å². The first kappa shape index (κ1) is 25.2. The van der Waals surface area contributed by atoms with Crippen LogP contribution in [0, 0.1) is 30.4 Å². The highest BCUT2D eigenvalue weighted by Crippen LogP contribution is 2.37. The molecule has 2 fully saturated rings. The minimum Gasteiger partial charge on any atom is -0.335 e. The van der Waals surface area contributed by atoms with Crippen LogP contribution in [-0.2, 0) is 16.1 Å². The lowest BCUT2D eigenvalue weighted by Gasteiger charge is -2.51. The lowest BCUT2D eigenvalue weighted by Crippen LogP contribution is -2.72. The quantitative estimate of drug-likeness (QED) is 0.480. The molecule has 8 heteroatoms. The zero-order valence-corrected chi connectivity index (χ0v) is 21.0. The van der Waals surface area contributed by atoms with Gasteiger partial charge in [-0.05, 0) is 49.2 Å². The van der Waals surface area contributed by atoms with E-state index in [0.29, 0.717) is 17.0 Å². The van der Waals surface area contributed by atoms with Gasteiger partial charge in [-0.2, -0.15) is 0 Å². The Hall–Kier alpha value is -4.51. The molecule has 0 radical (unpaired) electrons. The number of rotatable bonds is 3. The van der Waals surface area contributed by atoms with Crippen LogP contribution in [0.25, 0.3) is 0 Å². The first-order valence-corrected chi connectivity index (χ1v) is 12.2. The Bertz CT molecular complexity index is 1490. The summed E-state index contributed by atoms with van der Waals surface area (Å²) in [6.07, 6.45) is -0.393. The van der Waals surface area contributed by atoms with E-state index < -0.39 is 41.2 Å². The molecule has 3 aromatic carbocycles. The van der Waals surface area contributed by atoms with Crippen LogP contribution in [0.15, 0.2) is 66.7 Å². The van der Waals surface area contributed by atoms with Gasteiger partial charge in [-0.3, -0.25) is 9.59 Å². The van der Waals surface area contributed by atoms with Crippen molar-refractivity contribution in [3.8, 4) is 11.8 Å². The summed E-state index contributed by atoms with van der Waals surface area (Å²) < 4.78 is 30.3. The van der Waals surface area contributed by atoms with E-state index in [2.05, 4.69) is 11.8 Å². The molecule has 0 N–H and O–H groups in total. The third-order valence-corrected chi connectivity index (χ3v) is 7.09. The van der Waals surface area contributed by atoms with Gasteiger partial charge >= 0.3 is 6.03 Å². The number of piperazine rings is 1. The van der Waals surface area contributed by atoms with Crippen LogP contribution in [0.5, 0.6) is 0 Å². The van der Waals surface area contributed by atoms with Crippen molar-refractivity contribution in [1.82, 2.24) is 9.80 Å². The van der Waals surface area contributed by atoms with Gasteiger partial charge in [0.1, 0.15) is 11.2 Å². The van der Waals surface area contributed by atoms with Gasteiger partial charge in [-0.15, -0.1) is 0 Å². The Morgan fingerprint density at radius 2 is 1.50 bits per heavy atom. The van der Waals surface area contributed by atoms with Crippen molar-refractivity contribution in [2.45, 2.75) is 32.4 Å². The fourth-order valence-corrected chi connectivity index (χ4v) is 4.99. The number of halogens is 2. The monoisotopic (exact) mass is 513 g/mol. The fraction of sp³-hybridized carbons (Fsp3) is 0.233. The molecule has 0 saturated carbocycles. The van der Waals surface area contributed by atoms with Crippen molar-refractivity contribution in [2.24, 2.45) is 0 Å². The van der Waals surface area contributed by atoms with E-state index in [9.17, 15) is 14.4 Å². The van der Waals surface area contributed by atoms with Gasteiger partial charge in [0.2, 0.25) is 11.8 Å². The summed E-state index contributed by atoms with van der Waals surface area (Å²) >= 11 is 0. The number of imide groups is 1. The summed E-state index contributed by atoms with van der Waals surface area (Å²) in [6, 6.07) is 17.7. The number of urea groups is 1. The van der Waals surface area contributed by atoms with E-state index in [4.69, 9.17) is 0 Å². The molecule has 2 heterocycles. The highest BCUT2D eigenvalue weighted by molar-refractivity contribution is 6.19. The van der Waals surface area contributed by atoms with Gasteiger partial charge in [0.05, 0.1) is 6.42 Å². The average molecular weight is 514 g/mol. The lowest BCUT2D eigenvalue weighted by atomic mass is 9.88. The molecule has 0 aromatic heterocycles. The number of benzene rings is 3. The second-order valence-electron chi connectivity index (χ2n) is 9.67. The molecule has 2 aliphatic heterocycles. The summed E-state index contributed by atoms with van der Waals surface area (Å²) in [7, 11) is 0. The number of aryl methyl sites for hydroxylation is 1. The Balaban J connectivity index is 1.41. The molecule has 0 unspecified atom stereocenters. The summed E-state index contributed by atoms with van der Waals surface area (Å²) in [5.41, 5.74) is 0.519. The lowest BCUT2D eigenvalue weighted by molar-refractivity contribution is -0.152. The molecule has 38 heavy (non-hydrogen) atoms. The minimum atomic E-state index is -1.44. The molecule has 2 aliphatic rings. The Kier molecular flexibility index (Phi) is 6.45. The van der Waals surface area contributed by atoms with Crippen LogP contribution < -0.4 is 4.90 Å². The van der Waals surface area contributed by atoms with E-state index in [-0.39, 0.29) is 24.6 Å². The standard InChI is InChI=1S/C30H25F2N3O3/c1-20-8-6-7-11-23(20)19-33-14-15-34-29(38)35(26(36)18-30(34,2)28(33)37)27-24(31)16-22(17-25(27)32)13-12-21-9-4-3-5-10-21/h3-11,16-17H,14-15,18-19H2,1-2H3/t30-/m1/s1. The third kappa shape index (κ3) is 4.41. The van der Waals surface area contributed by atoms with Crippen molar-refractivity contribution >= 4 is 23.5 Å². The molecule has 3 aromatic rings. The van der Waals surface area contributed by atoms with Crippen LogP contribution in [0.1, 0.15) is 35.6 Å². The molecule has 192 valence electrons. The van der Waals surface area contributed by atoms with Crippen molar-refractivity contribution < 1.29 is 23.2 Å². The van der Waals surface area contributed by atoms with Crippen LogP contribution in [0.3, 0.4) is 0 Å². The molecule has 2 saturated heterocycles. The Morgan fingerprint density at radius 3 is 2.18 bits per heavy atom. The zero-order chi connectivity index (χ0) is 27.0. The highest BCUT2D eigenvalue weighted by Gasteiger charge is 2.55.